The van der Waals surface area contributed by atoms with Gasteiger partial charge >= 0.3 is 0 Å². The van der Waals surface area contributed by atoms with Crippen LogP contribution in [0.3, 0.4) is 0 Å². The number of aromatic nitrogens is 3. The highest BCUT2D eigenvalue weighted by Gasteiger charge is 2.35. The average Bonchev–Trinajstić information content (AvgIpc) is 3.68. The van der Waals surface area contributed by atoms with Crippen LogP contribution in [0.2, 0.25) is 0 Å². The van der Waals surface area contributed by atoms with Gasteiger partial charge < -0.3 is 0 Å². The molecular formula is C70H79N3. The molecule has 1 aromatic heterocycles. The molecule has 0 radical (unpaired) electrons. The van der Waals surface area contributed by atoms with Gasteiger partial charge in [-0.05, 0) is 195 Å². The van der Waals surface area contributed by atoms with E-state index in [0.29, 0.717) is 23.7 Å². The van der Waals surface area contributed by atoms with Crippen LogP contribution < -0.4 is 0 Å². The number of nitrogens with zero attached hydrogens (tertiary/aromatic N) is 3. The van der Waals surface area contributed by atoms with Gasteiger partial charge in [0, 0.05) is 22.1 Å². The molecule has 1 heterocycles. The van der Waals surface area contributed by atoms with E-state index in [1.165, 1.54) is 212 Å². The molecule has 12 rings (SSSR count). The molecule has 0 N–H and O–H groups in total. The quantitative estimate of drug-likeness (QED) is 0.145. The van der Waals surface area contributed by atoms with E-state index >= 15 is 0 Å². The van der Waals surface area contributed by atoms with Gasteiger partial charge in [0.15, 0.2) is 17.5 Å². The van der Waals surface area contributed by atoms with Gasteiger partial charge in [0.2, 0.25) is 0 Å². The zero-order chi connectivity index (χ0) is 49.7. The summed E-state index contributed by atoms with van der Waals surface area (Å²) in [5.41, 5.74) is 21.1. The highest BCUT2D eigenvalue weighted by Crippen LogP contribution is 2.50. The maximum atomic E-state index is 5.63. The van der Waals surface area contributed by atoms with Crippen molar-refractivity contribution in [3.8, 4) is 67.5 Å². The molecule has 7 aromatic rings. The maximum Gasteiger partial charge on any atom is 0.164 e. The summed E-state index contributed by atoms with van der Waals surface area (Å²) in [6.07, 6.45) is 26.3. The highest BCUT2D eigenvalue weighted by atomic mass is 15.0. The minimum atomic E-state index is -0.0633. The van der Waals surface area contributed by atoms with Crippen LogP contribution in [-0.4, -0.2) is 15.0 Å². The third-order valence-corrected chi connectivity index (χ3v) is 18.6. The monoisotopic (exact) mass is 962 g/mol. The lowest BCUT2D eigenvalue weighted by atomic mass is 9.79. The van der Waals surface area contributed by atoms with Crippen molar-refractivity contribution < 1.29 is 0 Å². The average molecular weight is 962 g/mol. The van der Waals surface area contributed by atoms with Crippen molar-refractivity contribution in [1.82, 2.24) is 15.0 Å². The Morgan fingerprint density at radius 2 is 0.740 bits per heavy atom. The number of hydrogen-bond acceptors (Lipinski definition) is 3. The number of benzene rings is 6. The first-order valence-corrected chi connectivity index (χ1v) is 29.1. The van der Waals surface area contributed by atoms with Gasteiger partial charge in [-0.3, -0.25) is 0 Å². The van der Waals surface area contributed by atoms with Crippen LogP contribution >= 0.6 is 0 Å². The lowest BCUT2D eigenvalue weighted by Crippen LogP contribution is -2.15. The summed E-state index contributed by atoms with van der Waals surface area (Å²) in [6.45, 7) is 11.8. The van der Waals surface area contributed by atoms with E-state index in [1.54, 1.807) is 0 Å². The second-order valence-corrected chi connectivity index (χ2v) is 25.0. The smallest absolute Gasteiger partial charge is 0.164 e. The molecule has 0 atom stereocenters. The van der Waals surface area contributed by atoms with Crippen LogP contribution in [0, 0.1) is 0 Å². The molecule has 374 valence electrons. The van der Waals surface area contributed by atoms with Gasteiger partial charge in [0.25, 0.3) is 0 Å². The van der Waals surface area contributed by atoms with E-state index in [0.717, 1.165) is 23.0 Å². The van der Waals surface area contributed by atoms with Gasteiger partial charge in [-0.15, -0.1) is 0 Å². The zero-order valence-electron chi connectivity index (χ0n) is 44.8. The third kappa shape index (κ3) is 9.92. The van der Waals surface area contributed by atoms with Crippen LogP contribution in [0.25, 0.3) is 67.5 Å². The molecule has 73 heavy (non-hydrogen) atoms. The molecule has 6 aromatic carbocycles. The third-order valence-electron chi connectivity index (χ3n) is 18.6. The van der Waals surface area contributed by atoms with Crippen LogP contribution in [0.4, 0.5) is 0 Å². The molecule has 0 spiro atoms. The summed E-state index contributed by atoms with van der Waals surface area (Å²) < 4.78 is 0. The zero-order valence-corrected chi connectivity index (χ0v) is 44.8. The predicted octanol–water partition coefficient (Wildman–Crippen LogP) is 20.0. The normalized spacial score (nSPS) is 18.9. The van der Waals surface area contributed by atoms with Crippen molar-refractivity contribution in [2.45, 2.75) is 198 Å². The van der Waals surface area contributed by atoms with Gasteiger partial charge in [-0.25, -0.2) is 15.0 Å². The summed E-state index contributed by atoms with van der Waals surface area (Å²) in [7, 11) is 0. The van der Waals surface area contributed by atoms with Crippen molar-refractivity contribution in [2.24, 2.45) is 0 Å². The standard InChI is InChI=1S/C70H79N3/c1-69(2,3)61-43-57(38-58(44-61)51-33-34-63-62-31-18-19-32-64(62)70(4,5)65(63)45-51)50-29-20-30-52(35-50)66-71-67(59-39-53(46-21-10-6-11-22-46)36-54(40-59)47-23-12-7-13-24-47)73-68(72-66)60-41-55(48-25-14-8-15-26-48)37-56(42-60)49-27-16-9-17-28-49/h18-20,29-49H,6-17,21-28H2,1-5H3. The van der Waals surface area contributed by atoms with Crippen molar-refractivity contribution in [1.29, 1.82) is 0 Å². The Morgan fingerprint density at radius 3 is 1.21 bits per heavy atom. The topological polar surface area (TPSA) is 38.7 Å². The van der Waals surface area contributed by atoms with Crippen molar-refractivity contribution >= 4 is 0 Å². The Morgan fingerprint density at radius 1 is 0.342 bits per heavy atom. The lowest BCUT2D eigenvalue weighted by Gasteiger charge is -2.27. The first-order chi connectivity index (χ1) is 35.5. The fraction of sp³-hybridized carbons (Fsp3) is 0.443. The van der Waals surface area contributed by atoms with Crippen LogP contribution in [0.1, 0.15) is 226 Å². The highest BCUT2D eigenvalue weighted by molar-refractivity contribution is 5.85. The fourth-order valence-corrected chi connectivity index (χ4v) is 14.2. The fourth-order valence-electron chi connectivity index (χ4n) is 14.2. The molecule has 0 aliphatic heterocycles. The molecule has 5 aliphatic rings. The molecule has 3 heteroatoms. The van der Waals surface area contributed by atoms with Gasteiger partial charge in [0.05, 0.1) is 0 Å². The molecule has 3 nitrogen and oxygen atoms in total. The summed E-state index contributed by atoms with van der Waals surface area (Å²) in [5, 5.41) is 0. The molecule has 4 saturated carbocycles. The predicted molar refractivity (Wildman–Crippen MR) is 307 cm³/mol. The van der Waals surface area contributed by atoms with Crippen molar-refractivity contribution in [3.05, 3.63) is 160 Å². The van der Waals surface area contributed by atoms with Crippen LogP contribution in [0.5, 0.6) is 0 Å². The minimum absolute atomic E-state index is 0.0437. The Bertz CT molecular complexity index is 2950. The molecular weight excluding hydrogens is 883 g/mol. The molecule has 5 aliphatic carbocycles. The first-order valence-electron chi connectivity index (χ1n) is 29.1. The summed E-state index contributed by atoms with van der Waals surface area (Å²) in [4.78, 5) is 16.8. The second-order valence-electron chi connectivity index (χ2n) is 25.0. The minimum Gasteiger partial charge on any atom is -0.208 e. The number of fused-ring (bicyclic) bond motifs is 3. The van der Waals surface area contributed by atoms with Gasteiger partial charge in [-0.2, -0.15) is 0 Å². The summed E-state index contributed by atoms with van der Waals surface area (Å²) >= 11 is 0. The Kier molecular flexibility index (Phi) is 13.4. The van der Waals surface area contributed by atoms with E-state index in [4.69, 9.17) is 15.0 Å². The van der Waals surface area contributed by atoms with Crippen LogP contribution in [-0.2, 0) is 10.8 Å². The van der Waals surface area contributed by atoms with Gasteiger partial charge in [0.1, 0.15) is 0 Å². The maximum absolute atomic E-state index is 5.63. The molecule has 0 bridgehead atoms. The summed E-state index contributed by atoms with van der Waals surface area (Å²) in [6, 6.07) is 47.7. The van der Waals surface area contributed by atoms with Crippen LogP contribution in [0.15, 0.2) is 121 Å². The number of hydrogen-bond donors (Lipinski definition) is 0. The summed E-state index contributed by atoms with van der Waals surface area (Å²) in [5.74, 6) is 4.82. The van der Waals surface area contributed by atoms with E-state index in [9.17, 15) is 0 Å². The van der Waals surface area contributed by atoms with E-state index in [-0.39, 0.29) is 10.8 Å². The molecule has 4 fully saturated rings. The second kappa shape index (κ2) is 20.2. The first kappa shape index (κ1) is 48.3. The Balaban J connectivity index is 1.00. The molecule has 0 unspecified atom stereocenters. The van der Waals surface area contributed by atoms with E-state index in [1.807, 2.05) is 0 Å². The molecule has 0 saturated heterocycles. The lowest BCUT2D eigenvalue weighted by molar-refractivity contribution is 0.435. The van der Waals surface area contributed by atoms with E-state index in [2.05, 4.69) is 156 Å². The van der Waals surface area contributed by atoms with Crippen molar-refractivity contribution in [2.75, 3.05) is 0 Å². The van der Waals surface area contributed by atoms with E-state index < -0.39 is 0 Å². The number of rotatable bonds is 9. The largest absolute Gasteiger partial charge is 0.208 e. The Hall–Kier alpha value is -5.67. The Labute approximate surface area is 438 Å². The SMILES string of the molecule is CC(C)(C)c1cc(-c2cccc(-c3nc(-c4cc(C5CCCCC5)cc(C5CCCCC5)c4)nc(-c4cc(C5CCCCC5)cc(C5CCCCC5)c4)n3)c2)cc(-c2ccc3c(c2)C(C)(C)c2ccccc2-3)c1. The molecule has 0 amide bonds. The van der Waals surface area contributed by atoms with Crippen molar-refractivity contribution in [3.63, 3.8) is 0 Å². The van der Waals surface area contributed by atoms with Gasteiger partial charge in [-0.1, -0.05) is 191 Å².